The SMILES string of the molecule is CCOCc1nc2cnc3cc(OCc4ccccc4)ccc3c2n1CC(C)(C)NS(C)(=O)=O. The Kier molecular flexibility index (Phi) is 6.88. The van der Waals surface area contributed by atoms with Crippen molar-refractivity contribution in [1.29, 1.82) is 0 Å². The number of fused-ring (bicyclic) bond motifs is 3. The molecule has 0 unspecified atom stereocenters. The number of sulfonamides is 1. The molecule has 0 bridgehead atoms. The summed E-state index contributed by atoms with van der Waals surface area (Å²) < 4.78 is 40.2. The van der Waals surface area contributed by atoms with Gasteiger partial charge in [0.1, 0.15) is 30.3 Å². The number of hydrogen-bond donors (Lipinski definition) is 1. The van der Waals surface area contributed by atoms with E-state index in [1.54, 1.807) is 6.20 Å². The summed E-state index contributed by atoms with van der Waals surface area (Å²) in [5.74, 6) is 1.45. The lowest BCUT2D eigenvalue weighted by Crippen LogP contribution is -2.46. The Morgan fingerprint density at radius 1 is 1.06 bits per heavy atom. The van der Waals surface area contributed by atoms with Gasteiger partial charge >= 0.3 is 0 Å². The molecule has 0 saturated heterocycles. The number of nitrogens with one attached hydrogen (secondary N) is 1. The van der Waals surface area contributed by atoms with Crippen LogP contribution in [0.5, 0.6) is 5.75 Å². The van der Waals surface area contributed by atoms with Gasteiger partial charge in [-0.2, -0.15) is 0 Å². The number of benzene rings is 2. The van der Waals surface area contributed by atoms with E-state index in [2.05, 4.69) is 9.71 Å². The minimum Gasteiger partial charge on any atom is -0.489 e. The van der Waals surface area contributed by atoms with Gasteiger partial charge < -0.3 is 14.0 Å². The molecule has 2 aromatic carbocycles. The van der Waals surface area contributed by atoms with Crippen LogP contribution in [-0.4, -0.2) is 41.4 Å². The smallest absolute Gasteiger partial charge is 0.209 e. The highest BCUT2D eigenvalue weighted by Crippen LogP contribution is 2.29. The predicted octanol–water partition coefficient (Wildman–Crippen LogP) is 4.03. The number of pyridine rings is 1. The van der Waals surface area contributed by atoms with Gasteiger partial charge in [0.2, 0.25) is 10.0 Å². The van der Waals surface area contributed by atoms with Crippen molar-refractivity contribution >= 4 is 32.0 Å². The largest absolute Gasteiger partial charge is 0.489 e. The van der Waals surface area contributed by atoms with Gasteiger partial charge in [-0.3, -0.25) is 4.98 Å². The summed E-state index contributed by atoms with van der Waals surface area (Å²) in [4.78, 5) is 9.35. The van der Waals surface area contributed by atoms with E-state index in [9.17, 15) is 8.42 Å². The van der Waals surface area contributed by atoms with E-state index >= 15 is 0 Å². The second-order valence-corrected chi connectivity index (χ2v) is 10.7. The first-order chi connectivity index (χ1) is 16.1. The monoisotopic (exact) mass is 482 g/mol. The zero-order valence-corrected chi connectivity index (χ0v) is 20.7. The standard InChI is InChI=1S/C25H30N4O4S/c1-5-32-16-23-27-22-14-26-21-13-19(33-15-18-9-7-6-8-10-18)11-12-20(21)24(22)29(23)17-25(2,3)28-34(4,30)31/h6-14,28H,5,15-17H2,1-4H3. The molecule has 0 aliphatic heterocycles. The molecule has 0 fully saturated rings. The minimum atomic E-state index is -3.39. The van der Waals surface area contributed by atoms with Gasteiger partial charge in [-0.15, -0.1) is 0 Å². The molecule has 0 spiro atoms. The van der Waals surface area contributed by atoms with Gasteiger partial charge in [-0.25, -0.2) is 18.1 Å². The number of hydrogen-bond acceptors (Lipinski definition) is 6. The van der Waals surface area contributed by atoms with E-state index in [1.807, 2.05) is 73.9 Å². The summed E-state index contributed by atoms with van der Waals surface area (Å²) in [5.41, 5.74) is 2.74. The van der Waals surface area contributed by atoms with E-state index in [0.717, 1.165) is 45.3 Å². The number of imidazole rings is 1. The van der Waals surface area contributed by atoms with E-state index in [-0.39, 0.29) is 0 Å². The summed E-state index contributed by atoms with van der Waals surface area (Å²) in [6.07, 6.45) is 2.90. The summed E-state index contributed by atoms with van der Waals surface area (Å²) >= 11 is 0. The lowest BCUT2D eigenvalue weighted by atomic mass is 10.1. The summed E-state index contributed by atoms with van der Waals surface area (Å²) in [5, 5.41) is 0.912. The molecular formula is C25H30N4O4S. The van der Waals surface area contributed by atoms with Crippen LogP contribution in [0.3, 0.4) is 0 Å². The lowest BCUT2D eigenvalue weighted by Gasteiger charge is -2.27. The maximum atomic E-state index is 11.9. The molecule has 1 N–H and O–H groups in total. The Balaban J connectivity index is 1.74. The fourth-order valence-corrected chi connectivity index (χ4v) is 5.14. The first-order valence-electron chi connectivity index (χ1n) is 11.2. The van der Waals surface area contributed by atoms with Crippen molar-refractivity contribution in [3.8, 4) is 5.75 Å². The number of ether oxygens (including phenoxy) is 2. The van der Waals surface area contributed by atoms with Crippen molar-refractivity contribution < 1.29 is 17.9 Å². The highest BCUT2D eigenvalue weighted by molar-refractivity contribution is 7.88. The maximum Gasteiger partial charge on any atom is 0.209 e. The van der Waals surface area contributed by atoms with E-state index in [1.165, 1.54) is 0 Å². The molecule has 8 nitrogen and oxygen atoms in total. The van der Waals surface area contributed by atoms with Crippen molar-refractivity contribution in [1.82, 2.24) is 19.3 Å². The Morgan fingerprint density at radius 3 is 2.53 bits per heavy atom. The molecule has 2 aromatic heterocycles. The van der Waals surface area contributed by atoms with Crippen molar-refractivity contribution in [2.75, 3.05) is 12.9 Å². The van der Waals surface area contributed by atoms with Gasteiger partial charge in [0, 0.05) is 30.1 Å². The molecule has 9 heteroatoms. The van der Waals surface area contributed by atoms with Crippen LogP contribution in [0.25, 0.3) is 21.9 Å². The first kappa shape index (κ1) is 24.1. The Hall–Kier alpha value is -3.01. The topological polar surface area (TPSA) is 95.3 Å². The molecule has 4 aromatic rings. The fourth-order valence-electron chi connectivity index (χ4n) is 4.08. The second-order valence-electron chi connectivity index (χ2n) is 8.95. The average molecular weight is 483 g/mol. The zero-order valence-electron chi connectivity index (χ0n) is 19.9. The van der Waals surface area contributed by atoms with E-state index in [0.29, 0.717) is 26.4 Å². The summed E-state index contributed by atoms with van der Waals surface area (Å²) in [6.45, 7) is 7.35. The van der Waals surface area contributed by atoms with Gasteiger partial charge in [-0.05, 0) is 38.5 Å². The molecule has 34 heavy (non-hydrogen) atoms. The van der Waals surface area contributed by atoms with Crippen molar-refractivity contribution in [3.05, 3.63) is 66.1 Å². The third kappa shape index (κ3) is 5.72. The van der Waals surface area contributed by atoms with Crippen LogP contribution in [0.15, 0.2) is 54.7 Å². The highest BCUT2D eigenvalue weighted by Gasteiger charge is 2.26. The molecule has 0 radical (unpaired) electrons. The Morgan fingerprint density at radius 2 is 1.82 bits per heavy atom. The van der Waals surface area contributed by atoms with Crippen LogP contribution in [0, 0.1) is 0 Å². The predicted molar refractivity (Wildman–Crippen MR) is 133 cm³/mol. The Labute approximate surface area is 200 Å². The van der Waals surface area contributed by atoms with E-state index in [4.69, 9.17) is 14.5 Å². The molecule has 0 aliphatic carbocycles. The summed E-state index contributed by atoms with van der Waals surface area (Å²) in [6, 6.07) is 15.8. The number of rotatable bonds is 10. The molecular weight excluding hydrogens is 452 g/mol. The molecule has 0 saturated carbocycles. The molecule has 0 aliphatic rings. The molecule has 0 amide bonds. The maximum absolute atomic E-state index is 11.9. The molecule has 4 rings (SSSR count). The fraction of sp³-hybridized carbons (Fsp3) is 0.360. The summed E-state index contributed by atoms with van der Waals surface area (Å²) in [7, 11) is -3.39. The molecule has 0 atom stereocenters. The minimum absolute atomic E-state index is 0.319. The van der Waals surface area contributed by atoms with Gasteiger partial charge in [0.25, 0.3) is 0 Å². The van der Waals surface area contributed by atoms with Gasteiger partial charge in [-0.1, -0.05) is 30.3 Å². The molecule has 180 valence electrons. The van der Waals surface area contributed by atoms with Crippen LogP contribution < -0.4 is 9.46 Å². The third-order valence-corrected chi connectivity index (χ3v) is 6.25. The highest BCUT2D eigenvalue weighted by atomic mass is 32.2. The van der Waals surface area contributed by atoms with Crippen LogP contribution in [0.4, 0.5) is 0 Å². The van der Waals surface area contributed by atoms with Crippen molar-refractivity contribution in [3.63, 3.8) is 0 Å². The van der Waals surface area contributed by atoms with Crippen LogP contribution in [-0.2, 0) is 34.5 Å². The first-order valence-corrected chi connectivity index (χ1v) is 13.1. The Bertz CT molecular complexity index is 1400. The quantitative estimate of drug-likeness (QED) is 0.367. The zero-order chi connectivity index (χ0) is 24.3. The number of nitrogens with zero attached hydrogens (tertiary/aromatic N) is 3. The number of aromatic nitrogens is 3. The van der Waals surface area contributed by atoms with E-state index < -0.39 is 15.6 Å². The van der Waals surface area contributed by atoms with Gasteiger partial charge in [0.15, 0.2) is 0 Å². The normalized spacial score (nSPS) is 12.5. The lowest BCUT2D eigenvalue weighted by molar-refractivity contribution is 0.125. The molecule has 2 heterocycles. The van der Waals surface area contributed by atoms with Crippen LogP contribution in [0.2, 0.25) is 0 Å². The second kappa shape index (κ2) is 9.69. The van der Waals surface area contributed by atoms with Crippen LogP contribution in [0.1, 0.15) is 32.2 Å². The van der Waals surface area contributed by atoms with Crippen molar-refractivity contribution in [2.24, 2.45) is 0 Å². The third-order valence-electron chi connectivity index (χ3n) is 5.32. The van der Waals surface area contributed by atoms with Gasteiger partial charge in [0.05, 0.1) is 23.5 Å². The average Bonchev–Trinajstić information content (AvgIpc) is 3.12. The van der Waals surface area contributed by atoms with Crippen molar-refractivity contribution in [2.45, 2.75) is 46.1 Å². The van der Waals surface area contributed by atoms with Crippen LogP contribution >= 0.6 is 0 Å².